The highest BCUT2D eigenvalue weighted by Crippen LogP contribution is 2.25. The second-order valence-electron chi connectivity index (χ2n) is 5.15. The number of rotatable bonds is 7. The molecule has 0 saturated heterocycles. The van der Waals surface area contributed by atoms with Gasteiger partial charge >= 0.3 is 0 Å². The number of aryl methyl sites for hydroxylation is 1. The molecule has 0 spiro atoms. The Kier molecular flexibility index (Phi) is 6.03. The quantitative estimate of drug-likeness (QED) is 0.522. The third kappa shape index (κ3) is 4.98. The van der Waals surface area contributed by atoms with Gasteiger partial charge in [-0.25, -0.2) is 9.71 Å². The Balaban J connectivity index is 2.10. The Morgan fingerprint density at radius 2 is 2.04 bits per heavy atom. The molecule has 0 saturated carbocycles. The van der Waals surface area contributed by atoms with E-state index in [0.29, 0.717) is 25.3 Å². The Morgan fingerprint density at radius 1 is 1.26 bits per heavy atom. The van der Waals surface area contributed by atoms with Crippen molar-refractivity contribution in [2.24, 2.45) is 0 Å². The predicted molar refractivity (Wildman–Crippen MR) is 91.4 cm³/mol. The molecule has 0 aliphatic carbocycles. The molecule has 1 atom stereocenters. The van der Waals surface area contributed by atoms with Crippen molar-refractivity contribution >= 4 is 23.0 Å². The summed E-state index contributed by atoms with van der Waals surface area (Å²) >= 11 is -2.22. The average Bonchev–Trinajstić information content (AvgIpc) is 2.49. The van der Waals surface area contributed by atoms with E-state index >= 15 is 0 Å². The van der Waals surface area contributed by atoms with Gasteiger partial charge in [0.05, 0.1) is 5.69 Å². The van der Waals surface area contributed by atoms with Crippen LogP contribution in [-0.2, 0) is 11.3 Å². The van der Waals surface area contributed by atoms with Crippen LogP contribution in [0.25, 0.3) is 11.3 Å². The van der Waals surface area contributed by atoms with Crippen LogP contribution in [0.4, 0.5) is 11.8 Å². The third-order valence-corrected chi connectivity index (χ3v) is 3.94. The van der Waals surface area contributed by atoms with Gasteiger partial charge < -0.3 is 15.6 Å². The number of hydrogen-bond acceptors (Lipinski definition) is 6. The van der Waals surface area contributed by atoms with E-state index in [-0.39, 0.29) is 5.95 Å². The molecule has 2 aromatic rings. The molecule has 1 aromatic carbocycles. The monoisotopic (exact) mass is 334 g/mol. The topological polar surface area (TPSA) is 116 Å². The van der Waals surface area contributed by atoms with Gasteiger partial charge in [0, 0.05) is 36.0 Å². The molecule has 0 aliphatic heterocycles. The molecule has 1 heterocycles. The first-order chi connectivity index (χ1) is 11.0. The summed E-state index contributed by atoms with van der Waals surface area (Å²) in [5.41, 5.74) is 9.92. The number of aromatic nitrogens is 2. The second-order valence-corrected chi connectivity index (χ2v) is 5.91. The first-order valence-electron chi connectivity index (χ1n) is 7.25. The van der Waals surface area contributed by atoms with Gasteiger partial charge in [0.15, 0.2) is 0 Å². The first kappa shape index (κ1) is 17.3. The summed E-state index contributed by atoms with van der Waals surface area (Å²) in [7, 11) is 0. The summed E-state index contributed by atoms with van der Waals surface area (Å²) in [6.07, 6.45) is 0.636. The molecule has 1 aromatic heterocycles. The number of nitrogens with one attached hydrogen (secondary N) is 2. The number of hydrogen-bond donors (Lipinski definition) is 3. The molecular formula is C15H20N5O2S-. The van der Waals surface area contributed by atoms with Gasteiger partial charge in [-0.1, -0.05) is 18.2 Å². The summed E-state index contributed by atoms with van der Waals surface area (Å²) in [6, 6.07) is 7.88. The molecule has 124 valence electrons. The largest absolute Gasteiger partial charge is 0.760 e. The summed E-state index contributed by atoms with van der Waals surface area (Å²) in [6.45, 7) is 5.04. The Hall–Kier alpha value is -2.03. The second kappa shape index (κ2) is 8.00. The smallest absolute Gasteiger partial charge is 0.222 e. The first-order valence-corrected chi connectivity index (χ1v) is 8.32. The highest BCUT2D eigenvalue weighted by molar-refractivity contribution is 7.77. The van der Waals surface area contributed by atoms with E-state index < -0.39 is 11.3 Å². The molecule has 0 aliphatic rings. The summed E-state index contributed by atoms with van der Waals surface area (Å²) in [5.74, 6) is 0.821. The fourth-order valence-corrected chi connectivity index (χ4v) is 2.49. The van der Waals surface area contributed by atoms with Gasteiger partial charge in [-0.3, -0.25) is 4.21 Å². The normalized spacial score (nSPS) is 12.1. The molecule has 7 nitrogen and oxygen atoms in total. The maximum absolute atomic E-state index is 10.4. The molecule has 2 rings (SSSR count). The molecule has 23 heavy (non-hydrogen) atoms. The van der Waals surface area contributed by atoms with Crippen molar-refractivity contribution in [1.29, 1.82) is 0 Å². The van der Waals surface area contributed by atoms with Crippen LogP contribution in [0.15, 0.2) is 24.3 Å². The molecule has 0 radical (unpaired) electrons. The SMILES string of the molecule is Cc1cccc(-c2cc(NCCCNS(=O)[O-])nc(N)n2)c1C. The van der Waals surface area contributed by atoms with Gasteiger partial charge in [-0.15, -0.1) is 0 Å². The van der Waals surface area contributed by atoms with Crippen LogP contribution in [0.1, 0.15) is 17.5 Å². The standard InChI is InChI=1S/C15H21N5O2S/c1-10-5-3-6-12(11(10)2)13-9-14(20-15(16)19-13)17-7-4-8-18-23(21)22/h3,5-6,9,18H,4,7-8H2,1-2H3,(H,21,22)(H3,16,17,19,20)/p-1. The van der Waals surface area contributed by atoms with Crippen molar-refractivity contribution in [3.05, 3.63) is 35.4 Å². The molecule has 1 unspecified atom stereocenters. The van der Waals surface area contributed by atoms with Crippen LogP contribution in [0.5, 0.6) is 0 Å². The van der Waals surface area contributed by atoms with E-state index in [1.165, 1.54) is 5.56 Å². The number of anilines is 2. The third-order valence-electron chi connectivity index (χ3n) is 3.50. The van der Waals surface area contributed by atoms with Crippen LogP contribution >= 0.6 is 0 Å². The van der Waals surface area contributed by atoms with Crippen LogP contribution in [0, 0.1) is 13.8 Å². The molecular weight excluding hydrogens is 314 g/mol. The van der Waals surface area contributed by atoms with Crippen molar-refractivity contribution in [1.82, 2.24) is 14.7 Å². The number of nitrogens with zero attached hydrogens (tertiary/aromatic N) is 2. The van der Waals surface area contributed by atoms with Crippen LogP contribution in [0.3, 0.4) is 0 Å². The van der Waals surface area contributed by atoms with E-state index in [4.69, 9.17) is 5.73 Å². The van der Waals surface area contributed by atoms with E-state index in [1.54, 1.807) is 0 Å². The van der Waals surface area contributed by atoms with Crippen molar-refractivity contribution in [2.75, 3.05) is 24.1 Å². The van der Waals surface area contributed by atoms with Gasteiger partial charge in [0.25, 0.3) is 0 Å². The molecule has 4 N–H and O–H groups in total. The van der Waals surface area contributed by atoms with Gasteiger partial charge in [0.1, 0.15) is 5.82 Å². The van der Waals surface area contributed by atoms with Gasteiger partial charge in [-0.05, 0) is 31.4 Å². The molecule has 0 amide bonds. The lowest BCUT2D eigenvalue weighted by Gasteiger charge is -2.12. The van der Waals surface area contributed by atoms with Gasteiger partial charge in [-0.2, -0.15) is 4.98 Å². The Morgan fingerprint density at radius 3 is 2.78 bits per heavy atom. The van der Waals surface area contributed by atoms with Gasteiger partial charge in [0.2, 0.25) is 5.95 Å². The van der Waals surface area contributed by atoms with Crippen molar-refractivity contribution in [3.63, 3.8) is 0 Å². The maximum atomic E-state index is 10.4. The Labute approximate surface area is 138 Å². The number of nitrogens with two attached hydrogens (primary N) is 1. The fraction of sp³-hybridized carbons (Fsp3) is 0.333. The van der Waals surface area contributed by atoms with Crippen molar-refractivity contribution < 1.29 is 8.76 Å². The highest BCUT2D eigenvalue weighted by atomic mass is 32.2. The summed E-state index contributed by atoms with van der Waals surface area (Å²) in [5, 5.41) is 3.13. The predicted octanol–water partition coefficient (Wildman–Crippen LogP) is 1.53. The molecule has 8 heteroatoms. The van der Waals surface area contributed by atoms with Crippen molar-refractivity contribution in [2.45, 2.75) is 20.3 Å². The number of benzene rings is 1. The number of nitrogen functional groups attached to an aromatic ring is 1. The lowest BCUT2D eigenvalue weighted by molar-refractivity contribution is 0.522. The van der Waals surface area contributed by atoms with Crippen molar-refractivity contribution in [3.8, 4) is 11.3 Å². The summed E-state index contributed by atoms with van der Waals surface area (Å²) < 4.78 is 23.1. The summed E-state index contributed by atoms with van der Waals surface area (Å²) in [4.78, 5) is 8.46. The fourth-order valence-electron chi connectivity index (χ4n) is 2.18. The zero-order valence-electron chi connectivity index (χ0n) is 13.1. The lowest BCUT2D eigenvalue weighted by Crippen LogP contribution is -2.20. The molecule has 0 bridgehead atoms. The zero-order valence-corrected chi connectivity index (χ0v) is 13.9. The lowest BCUT2D eigenvalue weighted by atomic mass is 10.0. The minimum atomic E-state index is -2.22. The molecule has 0 fully saturated rings. The minimum Gasteiger partial charge on any atom is -0.760 e. The average molecular weight is 334 g/mol. The maximum Gasteiger partial charge on any atom is 0.222 e. The van der Waals surface area contributed by atoms with E-state index in [2.05, 4.69) is 33.0 Å². The van der Waals surface area contributed by atoms with E-state index in [0.717, 1.165) is 16.8 Å². The van der Waals surface area contributed by atoms with Crippen LogP contribution in [-0.4, -0.2) is 31.8 Å². The highest BCUT2D eigenvalue weighted by Gasteiger charge is 2.08. The van der Waals surface area contributed by atoms with E-state index in [9.17, 15) is 8.76 Å². The van der Waals surface area contributed by atoms with E-state index in [1.807, 2.05) is 25.1 Å². The Bertz CT molecular complexity index is 708. The zero-order chi connectivity index (χ0) is 16.8. The minimum absolute atomic E-state index is 0.199. The van der Waals surface area contributed by atoms with Crippen LogP contribution in [0.2, 0.25) is 0 Å². The van der Waals surface area contributed by atoms with Crippen LogP contribution < -0.4 is 15.8 Å².